The molecule has 0 bridgehead atoms. The van der Waals surface area contributed by atoms with Crippen LogP contribution in [0, 0.1) is 15.9 Å². The Labute approximate surface area is 89.2 Å². The van der Waals surface area contributed by atoms with E-state index in [0.29, 0.717) is 0 Å². The van der Waals surface area contributed by atoms with Gasteiger partial charge in [0.1, 0.15) is 11.9 Å². The van der Waals surface area contributed by atoms with E-state index < -0.39 is 22.9 Å². The molecule has 1 aliphatic heterocycles. The molecule has 0 aromatic heterocycles. The Kier molecular flexibility index (Phi) is 2.43. The molecule has 1 fully saturated rings. The number of halogens is 1. The van der Waals surface area contributed by atoms with Gasteiger partial charge in [-0.05, 0) is 6.07 Å². The molecule has 1 saturated heterocycles. The lowest BCUT2D eigenvalue weighted by molar-refractivity contribution is -0.385. The molecule has 1 aromatic rings. The summed E-state index contributed by atoms with van der Waals surface area (Å²) >= 11 is 0. The summed E-state index contributed by atoms with van der Waals surface area (Å²) in [6.07, 6.45) is -1.47. The van der Waals surface area contributed by atoms with Crippen molar-refractivity contribution in [2.24, 2.45) is 0 Å². The average molecular weight is 226 g/mol. The molecule has 1 aliphatic rings. The second-order valence-electron chi connectivity index (χ2n) is 3.24. The quantitative estimate of drug-likeness (QED) is 0.612. The van der Waals surface area contributed by atoms with Gasteiger partial charge in [0, 0.05) is 17.7 Å². The number of nitro groups is 1. The number of rotatable bonds is 2. The molecule has 1 amide bonds. The van der Waals surface area contributed by atoms with E-state index in [2.05, 4.69) is 5.32 Å². The van der Waals surface area contributed by atoms with Gasteiger partial charge in [0.15, 0.2) is 0 Å². The monoisotopic (exact) mass is 226 g/mol. The first-order valence-corrected chi connectivity index (χ1v) is 4.46. The van der Waals surface area contributed by atoms with Crippen LogP contribution in [0.5, 0.6) is 0 Å². The lowest BCUT2D eigenvalue weighted by Crippen LogP contribution is -2.12. The fourth-order valence-electron chi connectivity index (χ4n) is 1.45. The van der Waals surface area contributed by atoms with Crippen molar-refractivity contribution in [2.45, 2.75) is 6.10 Å². The Morgan fingerprint density at radius 3 is 2.88 bits per heavy atom. The van der Waals surface area contributed by atoms with Gasteiger partial charge in [-0.25, -0.2) is 9.18 Å². The molecule has 1 atom stereocenters. The van der Waals surface area contributed by atoms with E-state index in [-0.39, 0.29) is 17.8 Å². The summed E-state index contributed by atoms with van der Waals surface area (Å²) in [7, 11) is 0. The van der Waals surface area contributed by atoms with Gasteiger partial charge < -0.3 is 10.1 Å². The minimum atomic E-state index is -0.813. The number of nitro benzene ring substituents is 1. The van der Waals surface area contributed by atoms with E-state index >= 15 is 0 Å². The molecule has 6 nitrogen and oxygen atoms in total. The molecular weight excluding hydrogens is 219 g/mol. The highest BCUT2D eigenvalue weighted by atomic mass is 19.1. The summed E-state index contributed by atoms with van der Waals surface area (Å²) in [5.41, 5.74) is -0.230. The number of alkyl carbamates (subject to hydrolysis) is 1. The third kappa shape index (κ3) is 1.79. The number of amides is 1. The molecule has 1 heterocycles. The van der Waals surface area contributed by atoms with E-state index in [1.165, 1.54) is 0 Å². The standard InChI is InChI=1S/C9H7FN2O4/c10-7-2-1-5(12(14)15)3-6(7)8-4-11-9(13)16-8/h1-3,8H,4H2,(H,11,13). The van der Waals surface area contributed by atoms with Gasteiger partial charge in [-0.15, -0.1) is 0 Å². The molecular formula is C9H7FN2O4. The summed E-state index contributed by atoms with van der Waals surface area (Å²) < 4.78 is 18.1. The van der Waals surface area contributed by atoms with E-state index in [4.69, 9.17) is 4.74 Å². The van der Waals surface area contributed by atoms with E-state index in [1.807, 2.05) is 0 Å². The zero-order valence-corrected chi connectivity index (χ0v) is 7.97. The van der Waals surface area contributed by atoms with Gasteiger partial charge in [0.25, 0.3) is 5.69 Å². The van der Waals surface area contributed by atoms with E-state index in [0.717, 1.165) is 18.2 Å². The average Bonchev–Trinajstić information content (AvgIpc) is 2.65. The number of non-ortho nitro benzene ring substituents is 1. The van der Waals surface area contributed by atoms with Gasteiger partial charge in [-0.1, -0.05) is 0 Å². The molecule has 2 rings (SSSR count). The van der Waals surface area contributed by atoms with Crippen LogP contribution in [0.4, 0.5) is 14.9 Å². The number of ether oxygens (including phenoxy) is 1. The third-order valence-electron chi connectivity index (χ3n) is 2.22. The molecule has 0 spiro atoms. The summed E-state index contributed by atoms with van der Waals surface area (Å²) in [5, 5.41) is 12.8. The van der Waals surface area contributed by atoms with Crippen molar-refractivity contribution in [3.05, 3.63) is 39.7 Å². The second kappa shape index (κ2) is 3.76. The van der Waals surface area contributed by atoms with Crippen molar-refractivity contribution in [3.63, 3.8) is 0 Å². The molecule has 84 valence electrons. The first kappa shape index (κ1) is 10.3. The van der Waals surface area contributed by atoms with E-state index in [1.54, 1.807) is 0 Å². The Balaban J connectivity index is 2.35. The van der Waals surface area contributed by atoms with Crippen LogP contribution in [0.3, 0.4) is 0 Å². The van der Waals surface area contributed by atoms with E-state index in [9.17, 15) is 19.3 Å². The number of carbonyl (C=O) groups excluding carboxylic acids is 1. The molecule has 7 heteroatoms. The first-order chi connectivity index (χ1) is 7.58. The number of nitrogens with one attached hydrogen (secondary N) is 1. The fourth-order valence-corrected chi connectivity index (χ4v) is 1.45. The lowest BCUT2D eigenvalue weighted by atomic mass is 10.1. The summed E-state index contributed by atoms with van der Waals surface area (Å²) in [5.74, 6) is -0.632. The molecule has 0 aliphatic carbocycles. The van der Waals surface area contributed by atoms with Gasteiger partial charge in [-0.2, -0.15) is 0 Å². The van der Waals surface area contributed by atoms with Crippen molar-refractivity contribution >= 4 is 11.8 Å². The number of hydrogen-bond acceptors (Lipinski definition) is 4. The Morgan fingerprint density at radius 2 is 2.31 bits per heavy atom. The summed E-state index contributed by atoms with van der Waals surface area (Å²) in [4.78, 5) is 20.6. The highest BCUT2D eigenvalue weighted by Crippen LogP contribution is 2.26. The topological polar surface area (TPSA) is 81.5 Å². The van der Waals surface area contributed by atoms with Gasteiger partial charge >= 0.3 is 6.09 Å². The summed E-state index contributed by atoms with van der Waals surface area (Å²) in [6, 6.07) is 3.11. The minimum Gasteiger partial charge on any atom is -0.439 e. The smallest absolute Gasteiger partial charge is 0.407 e. The molecule has 1 unspecified atom stereocenters. The number of benzene rings is 1. The third-order valence-corrected chi connectivity index (χ3v) is 2.22. The van der Waals surface area contributed by atoms with Crippen LogP contribution in [0.2, 0.25) is 0 Å². The normalized spacial score (nSPS) is 19.1. The van der Waals surface area contributed by atoms with Gasteiger partial charge in [0.05, 0.1) is 11.5 Å². The maximum atomic E-state index is 13.4. The summed E-state index contributed by atoms with van der Waals surface area (Å²) in [6.45, 7) is 0.108. The van der Waals surface area contributed by atoms with Crippen LogP contribution in [0.15, 0.2) is 18.2 Å². The van der Waals surface area contributed by atoms with Crippen molar-refractivity contribution < 1.29 is 18.8 Å². The SMILES string of the molecule is O=C1NCC(c2cc([N+](=O)[O-])ccc2F)O1. The number of cyclic esters (lactones) is 1. The maximum absolute atomic E-state index is 13.4. The number of carbonyl (C=O) groups is 1. The van der Waals surface area contributed by atoms with Crippen LogP contribution >= 0.6 is 0 Å². The molecule has 16 heavy (non-hydrogen) atoms. The van der Waals surface area contributed by atoms with Crippen molar-refractivity contribution in [3.8, 4) is 0 Å². The molecule has 1 aromatic carbocycles. The number of nitrogens with zero attached hydrogens (tertiary/aromatic N) is 1. The van der Waals surface area contributed by atoms with Crippen molar-refractivity contribution in [2.75, 3.05) is 6.54 Å². The van der Waals surface area contributed by atoms with Crippen LogP contribution in [0.25, 0.3) is 0 Å². The van der Waals surface area contributed by atoms with Crippen LogP contribution < -0.4 is 5.32 Å². The fraction of sp³-hybridized carbons (Fsp3) is 0.222. The van der Waals surface area contributed by atoms with Crippen LogP contribution in [-0.4, -0.2) is 17.6 Å². The van der Waals surface area contributed by atoms with Crippen LogP contribution in [0.1, 0.15) is 11.7 Å². The Hall–Kier alpha value is -2.18. The molecule has 1 N–H and O–H groups in total. The first-order valence-electron chi connectivity index (χ1n) is 4.46. The number of hydrogen-bond donors (Lipinski definition) is 1. The van der Waals surface area contributed by atoms with Gasteiger partial charge in [-0.3, -0.25) is 10.1 Å². The Bertz CT molecular complexity index is 463. The minimum absolute atomic E-state index is 0.00699. The lowest BCUT2D eigenvalue weighted by Gasteiger charge is -2.08. The van der Waals surface area contributed by atoms with Crippen molar-refractivity contribution in [1.29, 1.82) is 0 Å². The Morgan fingerprint density at radius 1 is 1.56 bits per heavy atom. The van der Waals surface area contributed by atoms with Crippen molar-refractivity contribution in [1.82, 2.24) is 5.32 Å². The zero-order chi connectivity index (χ0) is 11.7. The predicted molar refractivity (Wildman–Crippen MR) is 50.3 cm³/mol. The maximum Gasteiger partial charge on any atom is 0.407 e. The van der Waals surface area contributed by atoms with Crippen LogP contribution in [-0.2, 0) is 4.74 Å². The van der Waals surface area contributed by atoms with Gasteiger partial charge in [0.2, 0.25) is 0 Å². The highest BCUT2D eigenvalue weighted by Gasteiger charge is 2.28. The molecule has 0 saturated carbocycles. The zero-order valence-electron chi connectivity index (χ0n) is 7.97. The largest absolute Gasteiger partial charge is 0.439 e. The highest BCUT2D eigenvalue weighted by molar-refractivity contribution is 5.69. The second-order valence-corrected chi connectivity index (χ2v) is 3.24. The molecule has 0 radical (unpaired) electrons. The predicted octanol–water partition coefficient (Wildman–Crippen LogP) is 1.51.